The van der Waals surface area contributed by atoms with Gasteiger partial charge in [-0.2, -0.15) is 0 Å². The zero-order chi connectivity index (χ0) is 15.2. The van der Waals surface area contributed by atoms with Crippen molar-refractivity contribution in [3.05, 3.63) is 56.5 Å². The summed E-state index contributed by atoms with van der Waals surface area (Å²) in [7, 11) is 0. The average molecular weight is 413 g/mol. The van der Waals surface area contributed by atoms with Crippen LogP contribution >= 0.6 is 31.9 Å². The lowest BCUT2D eigenvalue weighted by Crippen LogP contribution is -2.04. The van der Waals surface area contributed by atoms with Gasteiger partial charge in [0.2, 0.25) is 0 Å². The van der Waals surface area contributed by atoms with Crippen LogP contribution in [0.25, 0.3) is 0 Å². The minimum atomic E-state index is 0.738. The molecule has 0 spiro atoms. The van der Waals surface area contributed by atoms with Gasteiger partial charge in [0.05, 0.1) is 12.3 Å². The van der Waals surface area contributed by atoms with E-state index in [1.54, 1.807) is 0 Å². The Balaban J connectivity index is 2.09. The summed E-state index contributed by atoms with van der Waals surface area (Å²) < 4.78 is 7.95. The molecule has 0 aliphatic heterocycles. The standard InChI is InChI=1S/C17H19Br2NO/c1-3-8-21-17-9-12(2)4-7-16(17)20-11-13-5-6-14(18)15(19)10-13/h4-7,9-10,20H,3,8,11H2,1-2H3. The maximum atomic E-state index is 5.82. The van der Waals surface area contributed by atoms with E-state index in [0.717, 1.165) is 40.0 Å². The highest BCUT2D eigenvalue weighted by Gasteiger charge is 2.05. The monoisotopic (exact) mass is 411 g/mol. The molecule has 0 unspecified atom stereocenters. The van der Waals surface area contributed by atoms with E-state index in [9.17, 15) is 0 Å². The summed E-state index contributed by atoms with van der Waals surface area (Å²) >= 11 is 7.02. The van der Waals surface area contributed by atoms with Gasteiger partial charge in [-0.15, -0.1) is 0 Å². The van der Waals surface area contributed by atoms with Crippen molar-refractivity contribution < 1.29 is 4.74 Å². The molecule has 21 heavy (non-hydrogen) atoms. The van der Waals surface area contributed by atoms with E-state index in [1.807, 2.05) is 6.07 Å². The number of rotatable bonds is 6. The molecule has 0 radical (unpaired) electrons. The number of halogens is 2. The molecule has 0 saturated carbocycles. The summed E-state index contributed by atoms with van der Waals surface area (Å²) in [6.07, 6.45) is 1.01. The molecule has 112 valence electrons. The summed E-state index contributed by atoms with van der Waals surface area (Å²) in [5, 5.41) is 3.45. The van der Waals surface area contributed by atoms with E-state index in [2.05, 4.69) is 81.4 Å². The summed E-state index contributed by atoms with van der Waals surface area (Å²) in [5.74, 6) is 0.924. The van der Waals surface area contributed by atoms with E-state index < -0.39 is 0 Å². The van der Waals surface area contributed by atoms with Gasteiger partial charge >= 0.3 is 0 Å². The quantitative estimate of drug-likeness (QED) is 0.635. The van der Waals surface area contributed by atoms with Gasteiger partial charge in [0.25, 0.3) is 0 Å². The summed E-state index contributed by atoms with van der Waals surface area (Å²) in [5.41, 5.74) is 3.46. The van der Waals surface area contributed by atoms with Crippen molar-refractivity contribution in [2.45, 2.75) is 26.8 Å². The SMILES string of the molecule is CCCOc1cc(C)ccc1NCc1ccc(Br)c(Br)c1. The lowest BCUT2D eigenvalue weighted by Gasteiger charge is -2.14. The zero-order valence-electron chi connectivity index (χ0n) is 12.2. The van der Waals surface area contributed by atoms with Crippen molar-refractivity contribution in [2.24, 2.45) is 0 Å². The molecule has 0 heterocycles. The largest absolute Gasteiger partial charge is 0.491 e. The van der Waals surface area contributed by atoms with Gasteiger partial charge in [0.1, 0.15) is 5.75 Å². The Hall–Kier alpha value is -1.000. The van der Waals surface area contributed by atoms with Gasteiger partial charge in [0, 0.05) is 15.5 Å². The molecule has 0 fully saturated rings. The highest BCUT2D eigenvalue weighted by atomic mass is 79.9. The maximum absolute atomic E-state index is 5.82. The molecule has 0 aromatic heterocycles. The summed E-state index contributed by atoms with van der Waals surface area (Å²) in [4.78, 5) is 0. The van der Waals surface area contributed by atoms with Gasteiger partial charge in [-0.3, -0.25) is 0 Å². The first-order valence-corrected chi connectivity index (χ1v) is 8.60. The van der Waals surface area contributed by atoms with Crippen molar-refractivity contribution in [3.63, 3.8) is 0 Å². The number of hydrogen-bond acceptors (Lipinski definition) is 2. The Morgan fingerprint density at radius 1 is 1.05 bits per heavy atom. The molecule has 0 aliphatic carbocycles. The van der Waals surface area contributed by atoms with E-state index in [4.69, 9.17) is 4.74 Å². The Morgan fingerprint density at radius 3 is 2.57 bits per heavy atom. The third-order valence-electron chi connectivity index (χ3n) is 3.07. The van der Waals surface area contributed by atoms with Gasteiger partial charge in [-0.05, 0) is 80.6 Å². The van der Waals surface area contributed by atoms with Crippen LogP contribution in [-0.2, 0) is 6.54 Å². The average Bonchev–Trinajstić information content (AvgIpc) is 2.47. The molecule has 2 aromatic rings. The number of aryl methyl sites for hydroxylation is 1. The van der Waals surface area contributed by atoms with Crippen molar-refractivity contribution in [1.29, 1.82) is 0 Å². The van der Waals surface area contributed by atoms with Crippen LogP contribution in [0.4, 0.5) is 5.69 Å². The molecule has 0 amide bonds. The Bertz CT molecular complexity index is 614. The van der Waals surface area contributed by atoms with Crippen LogP contribution in [0.3, 0.4) is 0 Å². The lowest BCUT2D eigenvalue weighted by molar-refractivity contribution is 0.318. The van der Waals surface area contributed by atoms with Crippen LogP contribution in [0.2, 0.25) is 0 Å². The second-order valence-electron chi connectivity index (χ2n) is 4.95. The lowest BCUT2D eigenvalue weighted by atomic mass is 10.2. The zero-order valence-corrected chi connectivity index (χ0v) is 15.4. The van der Waals surface area contributed by atoms with Crippen LogP contribution in [0.5, 0.6) is 5.75 Å². The highest BCUT2D eigenvalue weighted by molar-refractivity contribution is 9.13. The first-order valence-electron chi connectivity index (χ1n) is 7.01. The molecule has 2 rings (SSSR count). The third kappa shape index (κ3) is 4.75. The topological polar surface area (TPSA) is 21.3 Å². The maximum Gasteiger partial charge on any atom is 0.142 e. The Morgan fingerprint density at radius 2 is 1.86 bits per heavy atom. The van der Waals surface area contributed by atoms with E-state index in [1.165, 1.54) is 11.1 Å². The molecule has 0 bridgehead atoms. The molecule has 1 N–H and O–H groups in total. The van der Waals surface area contributed by atoms with Crippen LogP contribution < -0.4 is 10.1 Å². The molecule has 4 heteroatoms. The number of nitrogens with one attached hydrogen (secondary N) is 1. The molecule has 2 nitrogen and oxygen atoms in total. The van der Waals surface area contributed by atoms with Crippen molar-refractivity contribution in [2.75, 3.05) is 11.9 Å². The molecule has 0 atom stereocenters. The highest BCUT2D eigenvalue weighted by Crippen LogP contribution is 2.28. The fourth-order valence-electron chi connectivity index (χ4n) is 1.95. The normalized spacial score (nSPS) is 10.5. The van der Waals surface area contributed by atoms with Crippen molar-refractivity contribution >= 4 is 37.5 Å². The molecule has 2 aromatic carbocycles. The summed E-state index contributed by atoms with van der Waals surface area (Å²) in [6, 6.07) is 12.5. The fraction of sp³-hybridized carbons (Fsp3) is 0.294. The first-order chi connectivity index (χ1) is 10.1. The van der Waals surface area contributed by atoms with Gasteiger partial charge in [-0.25, -0.2) is 0 Å². The molecule has 0 aliphatic rings. The molecular formula is C17H19Br2NO. The van der Waals surface area contributed by atoms with E-state index in [-0.39, 0.29) is 0 Å². The summed E-state index contributed by atoms with van der Waals surface area (Å²) in [6.45, 7) is 5.69. The number of ether oxygens (including phenoxy) is 1. The second kappa shape index (κ2) is 7.85. The molecular weight excluding hydrogens is 394 g/mol. The van der Waals surface area contributed by atoms with Gasteiger partial charge in [-0.1, -0.05) is 19.1 Å². The van der Waals surface area contributed by atoms with E-state index >= 15 is 0 Å². The predicted octanol–water partition coefficient (Wildman–Crippen LogP) is 5.92. The van der Waals surface area contributed by atoms with Crippen LogP contribution in [0, 0.1) is 6.92 Å². The van der Waals surface area contributed by atoms with Crippen molar-refractivity contribution in [3.8, 4) is 5.75 Å². The van der Waals surface area contributed by atoms with Gasteiger partial charge < -0.3 is 10.1 Å². The fourth-order valence-corrected chi connectivity index (χ4v) is 2.63. The Kier molecular flexibility index (Phi) is 6.12. The van der Waals surface area contributed by atoms with Crippen LogP contribution in [0.1, 0.15) is 24.5 Å². The first kappa shape index (κ1) is 16.4. The number of anilines is 1. The molecule has 0 saturated heterocycles. The minimum absolute atomic E-state index is 0.738. The van der Waals surface area contributed by atoms with Crippen LogP contribution in [-0.4, -0.2) is 6.61 Å². The number of hydrogen-bond donors (Lipinski definition) is 1. The van der Waals surface area contributed by atoms with E-state index in [0.29, 0.717) is 0 Å². The predicted molar refractivity (Wildman–Crippen MR) is 96.1 cm³/mol. The smallest absolute Gasteiger partial charge is 0.142 e. The Labute approximate surface area is 143 Å². The second-order valence-corrected chi connectivity index (χ2v) is 6.66. The van der Waals surface area contributed by atoms with Crippen LogP contribution in [0.15, 0.2) is 45.3 Å². The number of benzene rings is 2. The minimum Gasteiger partial charge on any atom is -0.491 e. The van der Waals surface area contributed by atoms with Crippen molar-refractivity contribution in [1.82, 2.24) is 0 Å². The van der Waals surface area contributed by atoms with Gasteiger partial charge in [0.15, 0.2) is 0 Å². The third-order valence-corrected chi connectivity index (χ3v) is 4.95.